The first-order chi connectivity index (χ1) is 7.56. The highest BCUT2D eigenvalue weighted by Crippen LogP contribution is 2.28. The fourth-order valence-electron chi connectivity index (χ4n) is 1.56. The van der Waals surface area contributed by atoms with E-state index in [-0.39, 0.29) is 6.42 Å². The SMILES string of the molecule is O=C(O)CCc1cc2cc(Cl)c(Cl)cc2[nH]1. The Morgan fingerprint density at radius 2 is 1.94 bits per heavy atom. The number of fused-ring (bicyclic) bond motifs is 1. The van der Waals surface area contributed by atoms with Gasteiger partial charge in [-0.1, -0.05) is 23.2 Å². The van der Waals surface area contributed by atoms with E-state index >= 15 is 0 Å². The zero-order chi connectivity index (χ0) is 11.7. The molecule has 0 bridgehead atoms. The van der Waals surface area contributed by atoms with Crippen molar-refractivity contribution in [2.75, 3.05) is 0 Å². The number of aryl methyl sites for hydroxylation is 1. The first-order valence-corrected chi connectivity index (χ1v) is 5.50. The van der Waals surface area contributed by atoms with Crippen LogP contribution in [0.25, 0.3) is 10.9 Å². The molecule has 1 heterocycles. The van der Waals surface area contributed by atoms with Crippen LogP contribution in [0.15, 0.2) is 18.2 Å². The molecule has 0 radical (unpaired) electrons. The van der Waals surface area contributed by atoms with E-state index in [1.807, 2.05) is 6.07 Å². The van der Waals surface area contributed by atoms with Crippen molar-refractivity contribution in [1.29, 1.82) is 0 Å². The Morgan fingerprint density at radius 1 is 1.25 bits per heavy atom. The fourth-order valence-corrected chi connectivity index (χ4v) is 1.90. The number of carboxylic acids is 1. The van der Waals surface area contributed by atoms with Gasteiger partial charge < -0.3 is 10.1 Å². The Labute approximate surface area is 102 Å². The average molecular weight is 258 g/mol. The van der Waals surface area contributed by atoms with Gasteiger partial charge in [0.25, 0.3) is 0 Å². The molecule has 1 aromatic heterocycles. The third kappa shape index (κ3) is 2.31. The first-order valence-electron chi connectivity index (χ1n) is 4.74. The van der Waals surface area contributed by atoms with Crippen LogP contribution in [0.3, 0.4) is 0 Å². The van der Waals surface area contributed by atoms with E-state index < -0.39 is 5.97 Å². The van der Waals surface area contributed by atoms with Crippen molar-refractivity contribution in [1.82, 2.24) is 4.98 Å². The van der Waals surface area contributed by atoms with Crippen molar-refractivity contribution in [3.05, 3.63) is 33.9 Å². The maximum absolute atomic E-state index is 10.4. The van der Waals surface area contributed by atoms with Gasteiger partial charge in [0.2, 0.25) is 0 Å². The molecule has 0 amide bonds. The van der Waals surface area contributed by atoms with Crippen LogP contribution in [-0.4, -0.2) is 16.1 Å². The number of hydrogen-bond donors (Lipinski definition) is 2. The van der Waals surface area contributed by atoms with Crippen LogP contribution in [0.4, 0.5) is 0 Å². The summed E-state index contributed by atoms with van der Waals surface area (Å²) in [7, 11) is 0. The minimum absolute atomic E-state index is 0.105. The highest BCUT2D eigenvalue weighted by molar-refractivity contribution is 6.42. The molecule has 0 saturated carbocycles. The Balaban J connectivity index is 2.33. The number of nitrogens with one attached hydrogen (secondary N) is 1. The lowest BCUT2D eigenvalue weighted by Crippen LogP contribution is -1.97. The minimum Gasteiger partial charge on any atom is -0.481 e. The second-order valence-corrected chi connectivity index (χ2v) is 4.36. The predicted molar refractivity (Wildman–Crippen MR) is 64.3 cm³/mol. The molecule has 2 N–H and O–H groups in total. The number of aromatic amines is 1. The van der Waals surface area contributed by atoms with Crippen molar-refractivity contribution in [2.45, 2.75) is 12.8 Å². The monoisotopic (exact) mass is 257 g/mol. The van der Waals surface area contributed by atoms with Gasteiger partial charge in [-0.05, 0) is 24.6 Å². The third-order valence-corrected chi connectivity index (χ3v) is 3.05. The summed E-state index contributed by atoms with van der Waals surface area (Å²) in [5.41, 5.74) is 1.74. The Bertz CT molecular complexity index is 509. The molecule has 0 fully saturated rings. The standard InChI is InChI=1S/C11H9Cl2NO2/c12-8-4-6-3-7(1-2-11(15)16)14-10(6)5-9(8)13/h3-5,14H,1-2H2,(H,15,16). The number of aromatic nitrogens is 1. The van der Waals surface area contributed by atoms with Crippen molar-refractivity contribution in [3.8, 4) is 0 Å². The molecule has 84 valence electrons. The summed E-state index contributed by atoms with van der Waals surface area (Å²) in [6, 6.07) is 5.39. The van der Waals surface area contributed by atoms with Crippen LogP contribution in [0.2, 0.25) is 10.0 Å². The normalized spacial score (nSPS) is 10.9. The molecule has 2 rings (SSSR count). The average Bonchev–Trinajstić information content (AvgIpc) is 2.58. The van der Waals surface area contributed by atoms with Crippen molar-refractivity contribution in [3.63, 3.8) is 0 Å². The molecule has 2 aromatic rings. The van der Waals surface area contributed by atoms with Crippen LogP contribution >= 0.6 is 23.2 Å². The van der Waals surface area contributed by atoms with E-state index in [0.717, 1.165) is 16.6 Å². The molecule has 0 aliphatic rings. The zero-order valence-corrected chi connectivity index (χ0v) is 9.77. The zero-order valence-electron chi connectivity index (χ0n) is 8.26. The molecule has 3 nitrogen and oxygen atoms in total. The largest absolute Gasteiger partial charge is 0.481 e. The molecular weight excluding hydrogens is 249 g/mol. The summed E-state index contributed by atoms with van der Waals surface area (Å²) in [5.74, 6) is -0.810. The summed E-state index contributed by atoms with van der Waals surface area (Å²) in [4.78, 5) is 13.6. The van der Waals surface area contributed by atoms with Gasteiger partial charge in [-0.25, -0.2) is 0 Å². The van der Waals surface area contributed by atoms with E-state index in [4.69, 9.17) is 28.3 Å². The number of carbonyl (C=O) groups is 1. The van der Waals surface area contributed by atoms with Crippen LogP contribution in [0.1, 0.15) is 12.1 Å². The van der Waals surface area contributed by atoms with Crippen molar-refractivity contribution >= 4 is 40.1 Å². The highest BCUT2D eigenvalue weighted by atomic mass is 35.5. The number of hydrogen-bond acceptors (Lipinski definition) is 1. The van der Waals surface area contributed by atoms with Gasteiger partial charge in [0.15, 0.2) is 0 Å². The van der Waals surface area contributed by atoms with Crippen LogP contribution in [0, 0.1) is 0 Å². The van der Waals surface area contributed by atoms with Crippen LogP contribution in [0.5, 0.6) is 0 Å². The maximum Gasteiger partial charge on any atom is 0.303 e. The number of rotatable bonds is 3. The van der Waals surface area contributed by atoms with E-state index in [0.29, 0.717) is 16.5 Å². The van der Waals surface area contributed by atoms with Crippen LogP contribution in [-0.2, 0) is 11.2 Å². The minimum atomic E-state index is -0.810. The van der Waals surface area contributed by atoms with E-state index in [2.05, 4.69) is 4.98 Å². The van der Waals surface area contributed by atoms with Crippen molar-refractivity contribution in [2.24, 2.45) is 0 Å². The molecule has 0 aliphatic heterocycles. The number of carboxylic acid groups (broad SMARTS) is 1. The lowest BCUT2D eigenvalue weighted by atomic mass is 10.2. The number of benzene rings is 1. The maximum atomic E-state index is 10.4. The van der Waals surface area contributed by atoms with Gasteiger partial charge in [-0.2, -0.15) is 0 Å². The second-order valence-electron chi connectivity index (χ2n) is 3.54. The van der Waals surface area contributed by atoms with Gasteiger partial charge in [0, 0.05) is 16.6 Å². The van der Waals surface area contributed by atoms with Gasteiger partial charge in [0.1, 0.15) is 0 Å². The molecule has 0 saturated heterocycles. The first kappa shape index (κ1) is 11.3. The molecule has 0 unspecified atom stereocenters. The topological polar surface area (TPSA) is 53.1 Å². The van der Waals surface area contributed by atoms with Gasteiger partial charge in [0.05, 0.1) is 16.5 Å². The van der Waals surface area contributed by atoms with E-state index in [9.17, 15) is 4.79 Å². The molecule has 1 aromatic carbocycles. The highest BCUT2D eigenvalue weighted by Gasteiger charge is 2.06. The summed E-state index contributed by atoms with van der Waals surface area (Å²) >= 11 is 11.8. The van der Waals surface area contributed by atoms with Gasteiger partial charge >= 0.3 is 5.97 Å². The molecule has 0 atom stereocenters. The van der Waals surface area contributed by atoms with Crippen LogP contribution < -0.4 is 0 Å². The number of halogens is 2. The van der Waals surface area contributed by atoms with E-state index in [1.54, 1.807) is 12.1 Å². The Morgan fingerprint density at radius 3 is 2.62 bits per heavy atom. The smallest absolute Gasteiger partial charge is 0.303 e. The number of H-pyrrole nitrogens is 1. The number of aliphatic carboxylic acids is 1. The second kappa shape index (κ2) is 4.36. The third-order valence-electron chi connectivity index (χ3n) is 2.33. The molecule has 0 spiro atoms. The van der Waals surface area contributed by atoms with Gasteiger partial charge in [-0.15, -0.1) is 0 Å². The quantitative estimate of drug-likeness (QED) is 0.885. The Kier molecular flexibility index (Phi) is 3.08. The molecular formula is C11H9Cl2NO2. The lowest BCUT2D eigenvalue weighted by Gasteiger charge is -1.94. The molecule has 16 heavy (non-hydrogen) atoms. The summed E-state index contributed by atoms with van der Waals surface area (Å²) < 4.78 is 0. The summed E-state index contributed by atoms with van der Waals surface area (Å²) in [6.07, 6.45) is 0.577. The fraction of sp³-hybridized carbons (Fsp3) is 0.182. The Hall–Kier alpha value is -1.19. The predicted octanol–water partition coefficient (Wildman–Crippen LogP) is 3.49. The summed E-state index contributed by atoms with van der Waals surface area (Å²) in [6.45, 7) is 0. The lowest BCUT2D eigenvalue weighted by molar-refractivity contribution is -0.136. The van der Waals surface area contributed by atoms with Crippen molar-refractivity contribution < 1.29 is 9.90 Å². The molecule has 5 heteroatoms. The summed E-state index contributed by atoms with van der Waals surface area (Å²) in [5, 5.41) is 10.5. The molecule has 0 aliphatic carbocycles. The van der Waals surface area contributed by atoms with E-state index in [1.165, 1.54) is 0 Å². The van der Waals surface area contributed by atoms with Gasteiger partial charge in [-0.3, -0.25) is 4.79 Å².